The fourth-order valence-corrected chi connectivity index (χ4v) is 2.09. The molecule has 0 aromatic heterocycles. The zero-order valence-corrected chi connectivity index (χ0v) is 11.7. The second-order valence-electron chi connectivity index (χ2n) is 4.68. The molecule has 108 valence electrons. The van der Waals surface area contributed by atoms with Crippen LogP contribution >= 0.6 is 0 Å². The normalized spacial score (nSPS) is 14.8. The number of carbonyl (C=O) groups is 2. The molecule has 1 saturated heterocycles. The van der Waals surface area contributed by atoms with Crippen molar-refractivity contribution in [3.8, 4) is 5.75 Å². The first-order chi connectivity index (χ1) is 9.61. The molecule has 1 fully saturated rings. The van der Waals surface area contributed by atoms with Crippen LogP contribution in [-0.4, -0.2) is 50.0 Å². The first-order valence-corrected chi connectivity index (χ1v) is 6.57. The number of amides is 2. The maximum absolute atomic E-state index is 12.0. The molecule has 1 aliphatic rings. The summed E-state index contributed by atoms with van der Waals surface area (Å²) in [4.78, 5) is 25.5. The number of benzene rings is 1. The minimum atomic E-state index is -0.597. The molecule has 1 aliphatic heterocycles. The zero-order valence-electron chi connectivity index (χ0n) is 11.7. The quantitative estimate of drug-likeness (QED) is 0.766. The Hall–Kier alpha value is -2.08. The Bertz CT molecular complexity index is 510. The first kappa shape index (κ1) is 14.3. The van der Waals surface area contributed by atoms with Crippen molar-refractivity contribution in [3.05, 3.63) is 23.8 Å². The number of methoxy groups -OCH3 is 1. The van der Waals surface area contributed by atoms with E-state index in [9.17, 15) is 9.59 Å². The molecular formula is C14H19N3O3. The van der Waals surface area contributed by atoms with E-state index in [2.05, 4.69) is 10.6 Å². The fourth-order valence-electron chi connectivity index (χ4n) is 2.09. The summed E-state index contributed by atoms with van der Waals surface area (Å²) in [6.07, 6.45) is 0. The molecule has 0 atom stereocenters. The van der Waals surface area contributed by atoms with E-state index in [1.807, 2.05) is 13.0 Å². The van der Waals surface area contributed by atoms with E-state index in [0.29, 0.717) is 24.5 Å². The lowest BCUT2D eigenvalue weighted by atomic mass is 10.2. The predicted molar refractivity (Wildman–Crippen MR) is 75.8 cm³/mol. The van der Waals surface area contributed by atoms with E-state index in [1.54, 1.807) is 24.1 Å². The third-order valence-corrected chi connectivity index (χ3v) is 3.28. The SMILES string of the molecule is COc1ccc(NC(=O)C(=O)N2CCNCC2)c(C)c1. The van der Waals surface area contributed by atoms with Gasteiger partial charge in [-0.15, -0.1) is 0 Å². The van der Waals surface area contributed by atoms with Crippen molar-refractivity contribution >= 4 is 17.5 Å². The fraction of sp³-hybridized carbons (Fsp3) is 0.429. The molecule has 1 aromatic rings. The summed E-state index contributed by atoms with van der Waals surface area (Å²) >= 11 is 0. The molecule has 20 heavy (non-hydrogen) atoms. The molecule has 0 radical (unpaired) electrons. The average Bonchev–Trinajstić information content (AvgIpc) is 2.49. The zero-order chi connectivity index (χ0) is 14.5. The number of nitrogens with zero attached hydrogens (tertiary/aromatic N) is 1. The highest BCUT2D eigenvalue weighted by Gasteiger charge is 2.23. The van der Waals surface area contributed by atoms with Gasteiger partial charge in [-0.2, -0.15) is 0 Å². The third kappa shape index (κ3) is 3.27. The number of rotatable bonds is 2. The van der Waals surface area contributed by atoms with Crippen molar-refractivity contribution < 1.29 is 14.3 Å². The summed E-state index contributed by atoms with van der Waals surface area (Å²) in [7, 11) is 1.58. The van der Waals surface area contributed by atoms with Crippen LogP contribution in [0.15, 0.2) is 18.2 Å². The van der Waals surface area contributed by atoms with Crippen molar-refractivity contribution in [1.29, 1.82) is 0 Å². The van der Waals surface area contributed by atoms with E-state index in [-0.39, 0.29) is 0 Å². The van der Waals surface area contributed by atoms with Crippen molar-refractivity contribution in [3.63, 3.8) is 0 Å². The van der Waals surface area contributed by atoms with Crippen molar-refractivity contribution in [2.75, 3.05) is 38.6 Å². The van der Waals surface area contributed by atoms with Crippen molar-refractivity contribution in [2.24, 2.45) is 0 Å². The lowest BCUT2D eigenvalue weighted by Crippen LogP contribution is -2.49. The molecule has 0 unspecified atom stereocenters. The van der Waals surface area contributed by atoms with E-state index < -0.39 is 11.8 Å². The minimum absolute atomic E-state index is 0.485. The third-order valence-electron chi connectivity index (χ3n) is 3.28. The van der Waals surface area contributed by atoms with Gasteiger partial charge in [0, 0.05) is 31.9 Å². The van der Waals surface area contributed by atoms with Crippen LogP contribution in [0.5, 0.6) is 5.75 Å². The molecule has 6 nitrogen and oxygen atoms in total. The van der Waals surface area contributed by atoms with E-state index in [0.717, 1.165) is 18.7 Å². The maximum Gasteiger partial charge on any atom is 0.313 e. The largest absolute Gasteiger partial charge is 0.497 e. The van der Waals surface area contributed by atoms with E-state index in [1.165, 1.54) is 0 Å². The number of aryl methyl sites for hydroxylation is 1. The molecule has 1 aromatic carbocycles. The van der Waals surface area contributed by atoms with Gasteiger partial charge in [-0.1, -0.05) is 0 Å². The summed E-state index contributed by atoms with van der Waals surface area (Å²) in [6, 6.07) is 5.29. The van der Waals surface area contributed by atoms with Gasteiger partial charge < -0.3 is 20.3 Å². The Morgan fingerprint density at radius 1 is 1.30 bits per heavy atom. The summed E-state index contributed by atoms with van der Waals surface area (Å²) in [5.41, 5.74) is 1.48. The number of carbonyl (C=O) groups excluding carboxylic acids is 2. The van der Waals surface area contributed by atoms with Crippen LogP contribution in [0.25, 0.3) is 0 Å². The Morgan fingerprint density at radius 3 is 2.60 bits per heavy atom. The lowest BCUT2D eigenvalue weighted by Gasteiger charge is -2.26. The maximum atomic E-state index is 12.0. The summed E-state index contributed by atoms with van der Waals surface area (Å²) in [5, 5.41) is 5.79. The summed E-state index contributed by atoms with van der Waals surface area (Å²) in [6.45, 7) is 4.43. The molecule has 0 aliphatic carbocycles. The van der Waals surface area contributed by atoms with Crippen LogP contribution in [0.4, 0.5) is 5.69 Å². The number of anilines is 1. The Labute approximate surface area is 118 Å². The highest BCUT2D eigenvalue weighted by atomic mass is 16.5. The van der Waals surface area contributed by atoms with Gasteiger partial charge in [0.25, 0.3) is 0 Å². The van der Waals surface area contributed by atoms with Gasteiger partial charge in [0.1, 0.15) is 5.75 Å². The standard InChI is InChI=1S/C14H19N3O3/c1-10-9-11(20-2)3-4-12(10)16-13(18)14(19)17-7-5-15-6-8-17/h3-4,9,15H,5-8H2,1-2H3,(H,16,18). The topological polar surface area (TPSA) is 70.7 Å². The van der Waals surface area contributed by atoms with Crippen molar-refractivity contribution in [1.82, 2.24) is 10.2 Å². The van der Waals surface area contributed by atoms with Gasteiger partial charge >= 0.3 is 11.8 Å². The lowest BCUT2D eigenvalue weighted by molar-refractivity contribution is -0.143. The Morgan fingerprint density at radius 2 is 2.00 bits per heavy atom. The van der Waals surface area contributed by atoms with Gasteiger partial charge in [0.05, 0.1) is 7.11 Å². The highest BCUT2D eigenvalue weighted by Crippen LogP contribution is 2.21. The molecule has 2 N–H and O–H groups in total. The van der Waals surface area contributed by atoms with Gasteiger partial charge in [-0.05, 0) is 30.7 Å². The van der Waals surface area contributed by atoms with Crippen LogP contribution in [0, 0.1) is 6.92 Å². The smallest absolute Gasteiger partial charge is 0.313 e. The number of hydrogen-bond donors (Lipinski definition) is 2. The van der Waals surface area contributed by atoms with Crippen LogP contribution in [0.2, 0.25) is 0 Å². The van der Waals surface area contributed by atoms with Gasteiger partial charge in [-0.25, -0.2) is 0 Å². The molecule has 0 bridgehead atoms. The summed E-state index contributed by atoms with van der Waals surface area (Å²) in [5.74, 6) is -0.365. The molecule has 1 heterocycles. The first-order valence-electron chi connectivity index (χ1n) is 6.57. The van der Waals surface area contributed by atoms with Gasteiger partial charge in [0.15, 0.2) is 0 Å². The average molecular weight is 277 g/mol. The van der Waals surface area contributed by atoms with Crippen LogP contribution in [0.1, 0.15) is 5.56 Å². The molecule has 6 heteroatoms. The second kappa shape index (κ2) is 6.38. The Balaban J connectivity index is 2.01. The molecular weight excluding hydrogens is 258 g/mol. The van der Waals surface area contributed by atoms with Crippen molar-refractivity contribution in [2.45, 2.75) is 6.92 Å². The van der Waals surface area contributed by atoms with Crippen LogP contribution < -0.4 is 15.4 Å². The molecule has 0 saturated carbocycles. The molecule has 2 rings (SSSR count). The predicted octanol–water partition coefficient (Wildman–Crippen LogP) is 0.374. The van der Waals surface area contributed by atoms with Gasteiger partial charge in [0.2, 0.25) is 0 Å². The van der Waals surface area contributed by atoms with Crippen LogP contribution in [0.3, 0.4) is 0 Å². The second-order valence-corrected chi connectivity index (χ2v) is 4.68. The Kier molecular flexibility index (Phi) is 4.57. The number of hydrogen-bond acceptors (Lipinski definition) is 4. The monoisotopic (exact) mass is 277 g/mol. The van der Waals surface area contributed by atoms with E-state index >= 15 is 0 Å². The number of nitrogens with one attached hydrogen (secondary N) is 2. The minimum Gasteiger partial charge on any atom is -0.497 e. The van der Waals surface area contributed by atoms with Crippen LogP contribution in [-0.2, 0) is 9.59 Å². The molecule has 2 amide bonds. The molecule has 0 spiro atoms. The summed E-state index contributed by atoms with van der Waals surface area (Å²) < 4.78 is 5.10. The highest BCUT2D eigenvalue weighted by molar-refractivity contribution is 6.39. The number of ether oxygens (including phenoxy) is 1. The number of piperazine rings is 1. The van der Waals surface area contributed by atoms with Gasteiger partial charge in [-0.3, -0.25) is 9.59 Å². The van der Waals surface area contributed by atoms with E-state index in [4.69, 9.17) is 4.74 Å².